The van der Waals surface area contributed by atoms with E-state index in [1.807, 2.05) is 16.5 Å². The summed E-state index contributed by atoms with van der Waals surface area (Å²) in [5, 5.41) is 0. The predicted octanol–water partition coefficient (Wildman–Crippen LogP) is -0.604. The molecule has 0 aliphatic carbocycles. The van der Waals surface area contributed by atoms with Gasteiger partial charge in [-0.25, -0.2) is 4.98 Å². The predicted molar refractivity (Wildman–Crippen MR) is 66.9 cm³/mol. The van der Waals surface area contributed by atoms with Crippen LogP contribution in [0.2, 0.25) is 0 Å². The Hall–Kier alpha value is -1.40. The van der Waals surface area contributed by atoms with E-state index in [-0.39, 0.29) is 11.8 Å². The van der Waals surface area contributed by atoms with Crippen molar-refractivity contribution in [1.82, 2.24) is 14.5 Å². The van der Waals surface area contributed by atoms with E-state index in [0.717, 1.165) is 5.69 Å². The molecule has 0 saturated carbocycles. The van der Waals surface area contributed by atoms with Crippen LogP contribution in [0.15, 0.2) is 12.5 Å². The van der Waals surface area contributed by atoms with Crippen LogP contribution < -0.4 is 5.73 Å². The SMILES string of the molecule is Cn1cncc1CC(CN)C(=O)N1CCOCC1. The minimum atomic E-state index is -0.168. The summed E-state index contributed by atoms with van der Waals surface area (Å²) in [6.07, 6.45) is 4.17. The number of nitrogens with two attached hydrogens (primary N) is 1. The van der Waals surface area contributed by atoms with E-state index in [1.54, 1.807) is 12.5 Å². The highest BCUT2D eigenvalue weighted by Crippen LogP contribution is 2.11. The Bertz CT molecular complexity index is 399. The van der Waals surface area contributed by atoms with Gasteiger partial charge in [0.15, 0.2) is 0 Å². The van der Waals surface area contributed by atoms with Crippen molar-refractivity contribution in [2.45, 2.75) is 6.42 Å². The zero-order chi connectivity index (χ0) is 13.0. The Morgan fingerprint density at radius 3 is 2.83 bits per heavy atom. The molecule has 2 heterocycles. The molecule has 2 N–H and O–H groups in total. The first-order valence-electron chi connectivity index (χ1n) is 6.24. The van der Waals surface area contributed by atoms with E-state index < -0.39 is 0 Å². The van der Waals surface area contributed by atoms with Gasteiger partial charge in [0.05, 0.1) is 25.5 Å². The van der Waals surface area contributed by atoms with Crippen molar-refractivity contribution in [2.75, 3.05) is 32.8 Å². The van der Waals surface area contributed by atoms with Crippen LogP contribution >= 0.6 is 0 Å². The summed E-state index contributed by atoms with van der Waals surface area (Å²) in [7, 11) is 1.93. The standard InChI is InChI=1S/C12H20N4O2/c1-15-9-14-8-11(15)6-10(7-13)12(17)16-2-4-18-5-3-16/h8-10H,2-7,13H2,1H3. The number of hydrogen-bond donors (Lipinski definition) is 1. The Morgan fingerprint density at radius 2 is 2.28 bits per heavy atom. The van der Waals surface area contributed by atoms with E-state index in [2.05, 4.69) is 4.98 Å². The summed E-state index contributed by atoms with van der Waals surface area (Å²) in [5.41, 5.74) is 6.77. The van der Waals surface area contributed by atoms with Gasteiger partial charge >= 0.3 is 0 Å². The molecule has 2 rings (SSSR count). The number of imidazole rings is 1. The van der Waals surface area contributed by atoms with Crippen molar-refractivity contribution < 1.29 is 9.53 Å². The van der Waals surface area contributed by atoms with E-state index >= 15 is 0 Å². The lowest BCUT2D eigenvalue weighted by molar-refractivity contribution is -0.139. The smallest absolute Gasteiger partial charge is 0.227 e. The number of aromatic nitrogens is 2. The topological polar surface area (TPSA) is 73.4 Å². The van der Waals surface area contributed by atoms with Crippen molar-refractivity contribution in [3.05, 3.63) is 18.2 Å². The van der Waals surface area contributed by atoms with Gasteiger partial charge in [-0.05, 0) is 0 Å². The van der Waals surface area contributed by atoms with Crippen LogP contribution in [0.1, 0.15) is 5.69 Å². The Morgan fingerprint density at radius 1 is 1.56 bits per heavy atom. The average molecular weight is 252 g/mol. The molecule has 1 amide bonds. The van der Waals surface area contributed by atoms with E-state index in [0.29, 0.717) is 39.3 Å². The molecule has 6 heteroatoms. The lowest BCUT2D eigenvalue weighted by atomic mass is 10.0. The summed E-state index contributed by atoms with van der Waals surface area (Å²) < 4.78 is 7.17. The van der Waals surface area contributed by atoms with Crippen molar-refractivity contribution in [3.8, 4) is 0 Å². The fourth-order valence-corrected chi connectivity index (χ4v) is 2.15. The zero-order valence-corrected chi connectivity index (χ0v) is 10.7. The Labute approximate surface area is 107 Å². The largest absolute Gasteiger partial charge is 0.378 e. The van der Waals surface area contributed by atoms with Gasteiger partial charge in [0.25, 0.3) is 0 Å². The molecule has 1 fully saturated rings. The van der Waals surface area contributed by atoms with Crippen LogP contribution in [-0.4, -0.2) is 53.2 Å². The molecule has 0 spiro atoms. The summed E-state index contributed by atoms with van der Waals surface area (Å²) in [6.45, 7) is 2.94. The van der Waals surface area contributed by atoms with Gasteiger partial charge in [-0.3, -0.25) is 4.79 Å². The van der Waals surface area contributed by atoms with Crippen LogP contribution in [0.25, 0.3) is 0 Å². The van der Waals surface area contributed by atoms with Gasteiger partial charge in [0, 0.05) is 45.0 Å². The molecule has 0 radical (unpaired) electrons. The molecule has 0 aromatic carbocycles. The normalized spacial score (nSPS) is 17.8. The third-order valence-electron chi connectivity index (χ3n) is 3.33. The number of hydrogen-bond acceptors (Lipinski definition) is 4. The van der Waals surface area contributed by atoms with Gasteiger partial charge in [-0.15, -0.1) is 0 Å². The molecule has 0 bridgehead atoms. The maximum atomic E-state index is 12.3. The number of morpholine rings is 1. The number of amides is 1. The molecule has 6 nitrogen and oxygen atoms in total. The second kappa shape index (κ2) is 5.97. The van der Waals surface area contributed by atoms with E-state index in [4.69, 9.17) is 10.5 Å². The van der Waals surface area contributed by atoms with Crippen molar-refractivity contribution >= 4 is 5.91 Å². The number of nitrogens with zero attached hydrogens (tertiary/aromatic N) is 3. The van der Waals surface area contributed by atoms with Crippen LogP contribution in [0, 0.1) is 5.92 Å². The van der Waals surface area contributed by atoms with Gasteiger partial charge in [-0.2, -0.15) is 0 Å². The molecule has 18 heavy (non-hydrogen) atoms. The first kappa shape index (κ1) is 13.0. The van der Waals surface area contributed by atoms with E-state index in [9.17, 15) is 4.79 Å². The fourth-order valence-electron chi connectivity index (χ4n) is 2.15. The lowest BCUT2D eigenvalue weighted by Gasteiger charge is -2.30. The second-order valence-corrected chi connectivity index (χ2v) is 4.57. The molecule has 1 aromatic rings. The van der Waals surface area contributed by atoms with E-state index in [1.165, 1.54) is 0 Å². The number of carbonyl (C=O) groups is 1. The number of carbonyl (C=O) groups excluding carboxylic acids is 1. The first-order chi connectivity index (χ1) is 8.72. The molecule has 1 aliphatic rings. The monoisotopic (exact) mass is 252 g/mol. The summed E-state index contributed by atoms with van der Waals surface area (Å²) in [4.78, 5) is 18.2. The minimum Gasteiger partial charge on any atom is -0.378 e. The summed E-state index contributed by atoms with van der Waals surface area (Å²) in [6, 6.07) is 0. The molecule has 1 saturated heterocycles. The minimum absolute atomic E-state index is 0.127. The molecular weight excluding hydrogens is 232 g/mol. The van der Waals surface area contributed by atoms with Gasteiger partial charge in [-0.1, -0.05) is 0 Å². The van der Waals surface area contributed by atoms with Crippen LogP contribution in [0.5, 0.6) is 0 Å². The van der Waals surface area contributed by atoms with Gasteiger partial charge in [0.1, 0.15) is 0 Å². The number of ether oxygens (including phenoxy) is 1. The van der Waals surface area contributed by atoms with Crippen molar-refractivity contribution in [2.24, 2.45) is 18.7 Å². The van der Waals surface area contributed by atoms with Crippen molar-refractivity contribution in [1.29, 1.82) is 0 Å². The van der Waals surface area contributed by atoms with Crippen molar-refractivity contribution in [3.63, 3.8) is 0 Å². The first-order valence-corrected chi connectivity index (χ1v) is 6.24. The summed E-state index contributed by atoms with van der Waals surface area (Å²) >= 11 is 0. The highest BCUT2D eigenvalue weighted by atomic mass is 16.5. The molecular formula is C12H20N4O2. The fraction of sp³-hybridized carbons (Fsp3) is 0.667. The van der Waals surface area contributed by atoms with Gasteiger partial charge in [0.2, 0.25) is 5.91 Å². The molecule has 100 valence electrons. The van der Waals surface area contributed by atoms with Crippen LogP contribution in [0.4, 0.5) is 0 Å². The molecule has 1 atom stereocenters. The second-order valence-electron chi connectivity index (χ2n) is 4.57. The number of rotatable bonds is 4. The molecule has 1 aromatic heterocycles. The zero-order valence-electron chi connectivity index (χ0n) is 10.7. The maximum absolute atomic E-state index is 12.3. The highest BCUT2D eigenvalue weighted by Gasteiger charge is 2.25. The Kier molecular flexibility index (Phi) is 4.33. The third kappa shape index (κ3) is 2.88. The Balaban J connectivity index is 1.99. The van der Waals surface area contributed by atoms with Gasteiger partial charge < -0.3 is 19.9 Å². The quantitative estimate of drug-likeness (QED) is 0.776. The number of aryl methyl sites for hydroxylation is 1. The maximum Gasteiger partial charge on any atom is 0.227 e. The molecule has 1 aliphatic heterocycles. The van der Waals surface area contributed by atoms with Crippen LogP contribution in [0.3, 0.4) is 0 Å². The van der Waals surface area contributed by atoms with Crippen LogP contribution in [-0.2, 0) is 23.0 Å². The third-order valence-corrected chi connectivity index (χ3v) is 3.33. The average Bonchev–Trinajstić information content (AvgIpc) is 2.81. The summed E-state index contributed by atoms with van der Waals surface area (Å²) in [5.74, 6) is -0.0412. The molecule has 1 unspecified atom stereocenters. The highest BCUT2D eigenvalue weighted by molar-refractivity contribution is 5.79. The lowest BCUT2D eigenvalue weighted by Crippen LogP contribution is -2.46.